The van der Waals surface area contributed by atoms with Crippen LogP contribution in [-0.2, 0) is 23.7 Å². The number of aliphatic hydroxyl groups excluding tert-OH is 5. The van der Waals surface area contributed by atoms with Crippen molar-refractivity contribution in [1.82, 2.24) is 0 Å². The molecule has 3 aromatic rings. The minimum Gasteiger partial charge on any atom is -0.504 e. The average Bonchev–Trinajstić information content (AvgIpc) is 3.04. The van der Waals surface area contributed by atoms with Gasteiger partial charge in [0, 0.05) is 24.6 Å². The molecule has 16 heteroatoms. The number of hydrogen-bond donors (Lipinski definition) is 6. The highest BCUT2D eigenvalue weighted by atomic mass is 16.7. The molecule has 2 fully saturated rings. The second-order valence-corrected chi connectivity index (χ2v) is 11.1. The molecule has 0 unspecified atom stereocenters. The summed E-state index contributed by atoms with van der Waals surface area (Å²) in [4.78, 5) is 24.4. The van der Waals surface area contributed by atoms with E-state index in [9.17, 15) is 40.2 Å². The lowest BCUT2D eigenvalue weighted by atomic mass is 9.98. The fraction of sp³-hybridized carbons (Fsp3) is 0.484. The molecule has 6 N–H and O–H groups in total. The summed E-state index contributed by atoms with van der Waals surface area (Å²) in [6.07, 6.45) is -15.2. The van der Waals surface area contributed by atoms with Gasteiger partial charge in [0.2, 0.25) is 12.0 Å². The number of rotatable bonds is 9. The number of aromatic hydroxyl groups is 1. The molecular weight excluding hydrogens is 628 g/mol. The molecule has 10 atom stereocenters. The number of carbonyl (C=O) groups is 1. The number of aliphatic hydroxyl groups is 5. The predicted molar refractivity (Wildman–Crippen MR) is 158 cm³/mol. The summed E-state index contributed by atoms with van der Waals surface area (Å²) in [6.45, 7) is 2.09. The molecule has 16 nitrogen and oxygen atoms in total. The lowest BCUT2D eigenvalue weighted by molar-refractivity contribution is -0.319. The fourth-order valence-electron chi connectivity index (χ4n) is 5.41. The van der Waals surface area contributed by atoms with Crippen LogP contribution in [0.3, 0.4) is 0 Å². The Hall–Kier alpha value is -4.00. The van der Waals surface area contributed by atoms with Crippen molar-refractivity contribution in [2.75, 3.05) is 20.8 Å². The second kappa shape index (κ2) is 14.0. The zero-order chi connectivity index (χ0) is 34.2. The van der Waals surface area contributed by atoms with Crippen molar-refractivity contribution >= 4 is 16.9 Å². The van der Waals surface area contributed by atoms with Crippen molar-refractivity contribution in [3.05, 3.63) is 46.6 Å². The molecule has 0 aliphatic carbocycles. The van der Waals surface area contributed by atoms with Crippen LogP contribution < -0.4 is 19.6 Å². The van der Waals surface area contributed by atoms with Gasteiger partial charge in [-0.05, 0) is 31.2 Å². The largest absolute Gasteiger partial charge is 0.504 e. The standard InChI is InChI=1S/C31H36O16/c1-12-28(44-13(2)32)25(37)27(39)30(43-12)42-11-20-22(34)24(36)26(38)31(47-20)46-19-10-18-21(23(35)29(19)41-4)16(33)9-17(45-18)14-5-7-15(40-3)8-6-14/h5-10,12,20,22,24-28,30-31,34-39H,11H2,1-4H3/t12-,20+,22+,24-,25-,26+,27+,28+,30-,31+/m1/s1. The average molecular weight is 665 g/mol. The first-order valence-electron chi connectivity index (χ1n) is 14.5. The topological polar surface area (TPSA) is 233 Å². The molecule has 47 heavy (non-hydrogen) atoms. The van der Waals surface area contributed by atoms with Gasteiger partial charge in [-0.1, -0.05) is 0 Å². The van der Waals surface area contributed by atoms with Gasteiger partial charge in [0.25, 0.3) is 0 Å². The van der Waals surface area contributed by atoms with Gasteiger partial charge >= 0.3 is 5.97 Å². The van der Waals surface area contributed by atoms with Crippen LogP contribution in [0.5, 0.6) is 23.0 Å². The van der Waals surface area contributed by atoms with Crippen LogP contribution in [0.2, 0.25) is 0 Å². The molecular formula is C31H36O16. The molecule has 0 bridgehead atoms. The molecule has 2 aromatic carbocycles. The van der Waals surface area contributed by atoms with Crippen molar-refractivity contribution in [1.29, 1.82) is 0 Å². The van der Waals surface area contributed by atoms with E-state index in [-0.39, 0.29) is 28.2 Å². The smallest absolute Gasteiger partial charge is 0.303 e. The van der Waals surface area contributed by atoms with E-state index in [0.717, 1.165) is 6.92 Å². The first-order valence-corrected chi connectivity index (χ1v) is 14.5. The number of carbonyl (C=O) groups excluding carboxylic acids is 1. The van der Waals surface area contributed by atoms with E-state index >= 15 is 0 Å². The maximum atomic E-state index is 13.0. The minimum absolute atomic E-state index is 0.106. The lowest BCUT2D eigenvalue weighted by Gasteiger charge is -2.43. The van der Waals surface area contributed by atoms with Crippen LogP contribution >= 0.6 is 0 Å². The molecule has 256 valence electrons. The third-order valence-electron chi connectivity index (χ3n) is 7.91. The van der Waals surface area contributed by atoms with E-state index in [4.69, 9.17) is 37.6 Å². The van der Waals surface area contributed by atoms with Crippen LogP contribution in [0.4, 0.5) is 0 Å². The predicted octanol–water partition coefficient (Wildman–Crippen LogP) is -0.216. The van der Waals surface area contributed by atoms with Crippen molar-refractivity contribution in [2.24, 2.45) is 0 Å². The first-order chi connectivity index (χ1) is 22.3. The number of methoxy groups -OCH3 is 2. The monoisotopic (exact) mass is 664 g/mol. The molecule has 5 rings (SSSR count). The van der Waals surface area contributed by atoms with E-state index in [1.165, 1.54) is 33.3 Å². The van der Waals surface area contributed by atoms with Crippen LogP contribution in [0, 0.1) is 0 Å². The zero-order valence-electron chi connectivity index (χ0n) is 25.7. The summed E-state index contributed by atoms with van der Waals surface area (Å²) in [6, 6.07) is 9.11. The third-order valence-corrected chi connectivity index (χ3v) is 7.91. The molecule has 2 saturated heterocycles. The van der Waals surface area contributed by atoms with Gasteiger partial charge in [0.15, 0.2) is 29.3 Å². The highest BCUT2D eigenvalue weighted by molar-refractivity contribution is 5.89. The Labute approximate surface area is 267 Å². The Bertz CT molecular complexity index is 1620. The Morgan fingerprint density at radius 1 is 0.872 bits per heavy atom. The Balaban J connectivity index is 1.37. The highest BCUT2D eigenvalue weighted by Gasteiger charge is 2.48. The number of fused-ring (bicyclic) bond motifs is 1. The molecule has 0 radical (unpaired) electrons. The van der Waals surface area contributed by atoms with E-state index < -0.39 is 85.2 Å². The molecule has 0 saturated carbocycles. The maximum absolute atomic E-state index is 13.0. The van der Waals surface area contributed by atoms with E-state index in [1.807, 2.05) is 0 Å². The first kappa shape index (κ1) is 34.3. The molecule has 2 aliphatic rings. The summed E-state index contributed by atoms with van der Waals surface area (Å²) in [5.74, 6) is -1.13. The molecule has 0 amide bonds. The Morgan fingerprint density at radius 3 is 2.19 bits per heavy atom. The number of benzene rings is 2. The van der Waals surface area contributed by atoms with Crippen LogP contribution in [0.15, 0.2) is 45.6 Å². The second-order valence-electron chi connectivity index (χ2n) is 11.1. The van der Waals surface area contributed by atoms with Gasteiger partial charge in [0.1, 0.15) is 59.1 Å². The highest BCUT2D eigenvalue weighted by Crippen LogP contribution is 2.43. The number of phenolic OH excluding ortho intramolecular Hbond substituents is 1. The van der Waals surface area contributed by atoms with E-state index in [1.54, 1.807) is 24.3 Å². The van der Waals surface area contributed by atoms with Crippen LogP contribution in [-0.4, -0.2) is 119 Å². The van der Waals surface area contributed by atoms with Gasteiger partial charge in [-0.3, -0.25) is 9.59 Å². The van der Waals surface area contributed by atoms with Gasteiger partial charge in [-0.2, -0.15) is 0 Å². The van der Waals surface area contributed by atoms with E-state index in [0.29, 0.717) is 11.3 Å². The minimum atomic E-state index is -1.83. The molecule has 0 spiro atoms. The van der Waals surface area contributed by atoms with Crippen molar-refractivity contribution in [2.45, 2.75) is 75.3 Å². The van der Waals surface area contributed by atoms with Gasteiger partial charge in [0.05, 0.1) is 26.9 Å². The molecule has 3 heterocycles. The van der Waals surface area contributed by atoms with Crippen molar-refractivity contribution in [3.8, 4) is 34.3 Å². The summed E-state index contributed by atoms with van der Waals surface area (Å²) in [7, 11) is 2.71. The van der Waals surface area contributed by atoms with Crippen molar-refractivity contribution < 1.29 is 73.0 Å². The van der Waals surface area contributed by atoms with Gasteiger partial charge in [-0.15, -0.1) is 0 Å². The number of hydrogen-bond acceptors (Lipinski definition) is 16. The van der Waals surface area contributed by atoms with Gasteiger partial charge < -0.3 is 68.2 Å². The lowest BCUT2D eigenvalue weighted by Crippen LogP contribution is -2.62. The quantitative estimate of drug-likeness (QED) is 0.162. The Kier molecular flexibility index (Phi) is 10.2. The fourth-order valence-corrected chi connectivity index (χ4v) is 5.41. The van der Waals surface area contributed by atoms with Crippen LogP contribution in [0.1, 0.15) is 13.8 Å². The van der Waals surface area contributed by atoms with Crippen molar-refractivity contribution in [3.63, 3.8) is 0 Å². The number of phenols is 1. The molecule has 1 aromatic heterocycles. The summed E-state index contributed by atoms with van der Waals surface area (Å²) >= 11 is 0. The third kappa shape index (κ3) is 6.86. The number of ether oxygens (including phenoxy) is 7. The zero-order valence-corrected chi connectivity index (χ0v) is 25.7. The SMILES string of the molecule is COc1ccc(-c2cc(=O)c3c(O)c(OC)c(O[C@H]4O[C@@H](CO[C@@H]5O[C@H](C)[C@H](OC(C)=O)[C@H](O)[C@@H]5O)[C@H](O)[C@@H](O)[C@@H]4O)cc3o2)cc1. The van der Waals surface area contributed by atoms with Gasteiger partial charge in [-0.25, -0.2) is 0 Å². The normalized spacial score (nSPS) is 30.9. The van der Waals surface area contributed by atoms with E-state index in [2.05, 4.69) is 0 Å². The summed E-state index contributed by atoms with van der Waals surface area (Å²) < 4.78 is 44.0. The molecule has 2 aliphatic heterocycles. The summed E-state index contributed by atoms with van der Waals surface area (Å²) in [5.41, 5.74) is -0.162. The van der Waals surface area contributed by atoms with Crippen LogP contribution in [0.25, 0.3) is 22.3 Å². The number of esters is 1. The Morgan fingerprint density at radius 2 is 1.55 bits per heavy atom. The summed E-state index contributed by atoms with van der Waals surface area (Å²) in [5, 5.41) is 63.6. The maximum Gasteiger partial charge on any atom is 0.303 e.